The Morgan fingerprint density at radius 2 is 2.00 bits per heavy atom. The van der Waals surface area contributed by atoms with Crippen molar-refractivity contribution < 1.29 is 13.2 Å². The predicted molar refractivity (Wildman–Crippen MR) is 60.5 cm³/mol. The third-order valence-electron chi connectivity index (χ3n) is 2.78. The molecule has 15 heavy (non-hydrogen) atoms. The van der Waals surface area contributed by atoms with E-state index in [1.807, 2.05) is 6.92 Å². The van der Waals surface area contributed by atoms with Crippen LogP contribution in [0.15, 0.2) is 0 Å². The maximum absolute atomic E-state index is 11.9. The topological polar surface area (TPSA) is 69.4 Å². The molecule has 4 nitrogen and oxygen atoms in total. The Bertz CT molecular complexity index is 270. The molecule has 1 aliphatic rings. The first kappa shape index (κ1) is 12.9. The van der Waals surface area contributed by atoms with E-state index in [2.05, 4.69) is 0 Å². The van der Waals surface area contributed by atoms with Crippen LogP contribution in [0.1, 0.15) is 32.6 Å². The van der Waals surface area contributed by atoms with Gasteiger partial charge in [-0.1, -0.05) is 13.3 Å². The lowest BCUT2D eigenvalue weighted by Crippen LogP contribution is -2.37. The van der Waals surface area contributed by atoms with Crippen LogP contribution in [0.2, 0.25) is 0 Å². The van der Waals surface area contributed by atoms with Gasteiger partial charge in [0.25, 0.3) is 0 Å². The molecular formula is C10H21NO3S. The van der Waals surface area contributed by atoms with Crippen LogP contribution in [0, 0.1) is 0 Å². The third kappa shape index (κ3) is 4.09. The van der Waals surface area contributed by atoms with Crippen molar-refractivity contribution >= 4 is 9.84 Å². The van der Waals surface area contributed by atoms with Gasteiger partial charge in [-0.2, -0.15) is 0 Å². The fraction of sp³-hybridized carbons (Fsp3) is 1.00. The van der Waals surface area contributed by atoms with Crippen molar-refractivity contribution in [3.8, 4) is 0 Å². The molecule has 90 valence electrons. The SMILES string of the molecule is CCCC(N)CS(=O)(=O)C1CCOCC1. The van der Waals surface area contributed by atoms with Crippen LogP contribution in [-0.2, 0) is 14.6 Å². The van der Waals surface area contributed by atoms with Gasteiger partial charge in [-0.25, -0.2) is 8.42 Å². The summed E-state index contributed by atoms with van der Waals surface area (Å²) in [6.45, 7) is 3.14. The van der Waals surface area contributed by atoms with Gasteiger partial charge < -0.3 is 10.5 Å². The monoisotopic (exact) mass is 235 g/mol. The standard InChI is InChI=1S/C10H21NO3S/c1-2-3-9(11)8-15(12,13)10-4-6-14-7-5-10/h9-10H,2-8,11H2,1H3. The molecule has 1 aliphatic heterocycles. The molecule has 0 aliphatic carbocycles. The highest BCUT2D eigenvalue weighted by Crippen LogP contribution is 2.17. The quantitative estimate of drug-likeness (QED) is 0.762. The van der Waals surface area contributed by atoms with E-state index >= 15 is 0 Å². The molecule has 0 radical (unpaired) electrons. The molecule has 1 saturated heterocycles. The normalized spacial score (nSPS) is 21.5. The van der Waals surface area contributed by atoms with Crippen molar-refractivity contribution in [3.63, 3.8) is 0 Å². The summed E-state index contributed by atoms with van der Waals surface area (Å²) in [4.78, 5) is 0. The number of nitrogens with two attached hydrogens (primary N) is 1. The van der Waals surface area contributed by atoms with Gasteiger partial charge in [0.1, 0.15) is 0 Å². The van der Waals surface area contributed by atoms with E-state index in [-0.39, 0.29) is 17.0 Å². The predicted octanol–water partition coefficient (Wildman–Crippen LogP) is 0.708. The second kappa shape index (κ2) is 5.82. The maximum atomic E-state index is 11.9. The van der Waals surface area contributed by atoms with Gasteiger partial charge in [-0.05, 0) is 19.3 Å². The molecule has 1 fully saturated rings. The minimum absolute atomic E-state index is 0.130. The molecule has 0 saturated carbocycles. The van der Waals surface area contributed by atoms with Crippen molar-refractivity contribution in [1.82, 2.24) is 0 Å². The summed E-state index contributed by atoms with van der Waals surface area (Å²) in [6, 6.07) is -0.206. The van der Waals surface area contributed by atoms with Crippen molar-refractivity contribution in [3.05, 3.63) is 0 Å². The molecule has 5 heteroatoms. The summed E-state index contributed by atoms with van der Waals surface area (Å²) < 4.78 is 29.0. The lowest BCUT2D eigenvalue weighted by Gasteiger charge is -2.23. The molecule has 1 atom stereocenters. The Hall–Kier alpha value is -0.130. The average Bonchev–Trinajstić information content (AvgIpc) is 2.18. The average molecular weight is 235 g/mol. The highest BCUT2D eigenvalue weighted by molar-refractivity contribution is 7.92. The van der Waals surface area contributed by atoms with E-state index < -0.39 is 9.84 Å². The summed E-state index contributed by atoms with van der Waals surface area (Å²) in [5, 5.41) is -0.228. The summed E-state index contributed by atoms with van der Waals surface area (Å²) in [6.07, 6.45) is 2.97. The first-order valence-electron chi connectivity index (χ1n) is 5.61. The van der Waals surface area contributed by atoms with E-state index in [1.165, 1.54) is 0 Å². The van der Waals surface area contributed by atoms with E-state index in [0.717, 1.165) is 12.8 Å². The number of hydrogen-bond donors (Lipinski definition) is 1. The number of rotatable bonds is 5. The molecule has 1 unspecified atom stereocenters. The summed E-state index contributed by atoms with van der Waals surface area (Å²) in [5.74, 6) is 0.130. The minimum atomic E-state index is -3.01. The lowest BCUT2D eigenvalue weighted by molar-refractivity contribution is 0.0983. The second-order valence-corrected chi connectivity index (χ2v) is 6.52. The largest absolute Gasteiger partial charge is 0.381 e. The van der Waals surface area contributed by atoms with Crippen molar-refractivity contribution in [2.24, 2.45) is 5.73 Å². The molecule has 2 N–H and O–H groups in total. The van der Waals surface area contributed by atoms with E-state index in [0.29, 0.717) is 26.1 Å². The van der Waals surface area contributed by atoms with Gasteiger partial charge in [-0.3, -0.25) is 0 Å². The molecular weight excluding hydrogens is 214 g/mol. The fourth-order valence-electron chi connectivity index (χ4n) is 1.92. The van der Waals surface area contributed by atoms with Crippen LogP contribution in [0.5, 0.6) is 0 Å². The van der Waals surface area contributed by atoms with Gasteiger partial charge in [0.2, 0.25) is 0 Å². The Morgan fingerprint density at radius 1 is 1.40 bits per heavy atom. The van der Waals surface area contributed by atoms with E-state index in [4.69, 9.17) is 10.5 Å². The Labute approximate surface area is 92.1 Å². The summed E-state index contributed by atoms with van der Waals surface area (Å²) >= 11 is 0. The second-order valence-electron chi connectivity index (χ2n) is 4.19. The van der Waals surface area contributed by atoms with Gasteiger partial charge in [0.05, 0.1) is 11.0 Å². The molecule has 1 heterocycles. The zero-order valence-corrected chi connectivity index (χ0v) is 10.1. The van der Waals surface area contributed by atoms with Crippen LogP contribution < -0.4 is 5.73 Å². The van der Waals surface area contributed by atoms with Crippen molar-refractivity contribution in [2.45, 2.75) is 43.9 Å². The smallest absolute Gasteiger partial charge is 0.154 e. The minimum Gasteiger partial charge on any atom is -0.381 e. The number of ether oxygens (including phenoxy) is 1. The van der Waals surface area contributed by atoms with Crippen LogP contribution in [0.4, 0.5) is 0 Å². The van der Waals surface area contributed by atoms with Crippen LogP contribution in [0.3, 0.4) is 0 Å². The van der Waals surface area contributed by atoms with Crippen molar-refractivity contribution in [1.29, 1.82) is 0 Å². The molecule has 0 aromatic heterocycles. The van der Waals surface area contributed by atoms with Gasteiger partial charge in [-0.15, -0.1) is 0 Å². The molecule has 0 aromatic carbocycles. The summed E-state index contributed by atoms with van der Waals surface area (Å²) in [5.41, 5.74) is 5.77. The highest BCUT2D eigenvalue weighted by atomic mass is 32.2. The summed E-state index contributed by atoms with van der Waals surface area (Å²) in [7, 11) is -3.01. The molecule has 0 spiro atoms. The zero-order chi connectivity index (χ0) is 11.3. The Kier molecular flexibility index (Phi) is 5.02. The highest BCUT2D eigenvalue weighted by Gasteiger charge is 2.28. The van der Waals surface area contributed by atoms with E-state index in [1.54, 1.807) is 0 Å². The van der Waals surface area contributed by atoms with Crippen LogP contribution in [-0.4, -0.2) is 38.7 Å². The first-order valence-corrected chi connectivity index (χ1v) is 7.32. The fourth-order valence-corrected chi connectivity index (χ4v) is 3.87. The third-order valence-corrected chi connectivity index (χ3v) is 5.16. The number of sulfone groups is 1. The molecule has 0 amide bonds. The molecule has 1 rings (SSSR count). The van der Waals surface area contributed by atoms with Crippen LogP contribution in [0.25, 0.3) is 0 Å². The van der Waals surface area contributed by atoms with Gasteiger partial charge in [0.15, 0.2) is 9.84 Å². The zero-order valence-electron chi connectivity index (χ0n) is 9.31. The Morgan fingerprint density at radius 3 is 2.53 bits per heavy atom. The van der Waals surface area contributed by atoms with Gasteiger partial charge in [0, 0.05) is 19.3 Å². The Balaban J connectivity index is 2.49. The lowest BCUT2D eigenvalue weighted by atomic mass is 10.2. The van der Waals surface area contributed by atoms with Crippen LogP contribution >= 0.6 is 0 Å². The van der Waals surface area contributed by atoms with Crippen molar-refractivity contribution in [2.75, 3.05) is 19.0 Å². The van der Waals surface area contributed by atoms with Gasteiger partial charge >= 0.3 is 0 Å². The molecule has 0 aromatic rings. The van der Waals surface area contributed by atoms with E-state index in [9.17, 15) is 8.42 Å². The number of hydrogen-bond acceptors (Lipinski definition) is 4. The first-order chi connectivity index (χ1) is 7.06. The maximum Gasteiger partial charge on any atom is 0.154 e. The molecule has 0 bridgehead atoms.